The van der Waals surface area contributed by atoms with Crippen LogP contribution in [-0.4, -0.2) is 64.5 Å². The third kappa shape index (κ3) is 4.42. The van der Waals surface area contributed by atoms with Gasteiger partial charge in [-0.05, 0) is 19.4 Å². The van der Waals surface area contributed by atoms with Crippen LogP contribution in [0.3, 0.4) is 0 Å². The summed E-state index contributed by atoms with van der Waals surface area (Å²) in [7, 11) is 0. The number of amides is 1. The minimum atomic E-state index is -1.05. The van der Waals surface area contributed by atoms with E-state index in [1.165, 1.54) is 6.92 Å². The number of rotatable bonds is 5. The molecular weight excluding hydrogens is 384 g/mol. The number of carbonyl (C=O) groups is 1. The molecule has 1 aromatic carbocycles. The Balaban J connectivity index is 1.59. The first-order valence-corrected chi connectivity index (χ1v) is 10.1. The average molecular weight is 410 g/mol. The lowest BCUT2D eigenvalue weighted by molar-refractivity contribution is -0.139. The van der Waals surface area contributed by atoms with Crippen molar-refractivity contribution in [2.24, 2.45) is 5.10 Å². The van der Waals surface area contributed by atoms with Gasteiger partial charge < -0.3 is 19.6 Å². The van der Waals surface area contributed by atoms with Crippen molar-refractivity contribution in [2.75, 3.05) is 36.6 Å². The average Bonchev–Trinajstić information content (AvgIpc) is 3.17. The van der Waals surface area contributed by atoms with Crippen molar-refractivity contribution < 1.29 is 14.6 Å². The molecule has 0 unspecified atom stereocenters. The van der Waals surface area contributed by atoms with Gasteiger partial charge in [0.2, 0.25) is 5.95 Å². The van der Waals surface area contributed by atoms with Crippen LogP contribution in [0.5, 0.6) is 0 Å². The number of nitrogens with one attached hydrogen (secondary N) is 1. The van der Waals surface area contributed by atoms with Gasteiger partial charge in [0, 0.05) is 18.7 Å². The molecule has 2 aliphatic heterocycles. The second-order valence-corrected chi connectivity index (χ2v) is 7.55. The molecule has 4 rings (SSSR count). The van der Waals surface area contributed by atoms with E-state index in [0.29, 0.717) is 32.3 Å². The molecule has 1 amide bonds. The molecule has 1 aromatic heterocycles. The number of morpholine rings is 1. The number of anilines is 2. The third-order valence-corrected chi connectivity index (χ3v) is 5.16. The minimum absolute atomic E-state index is 0.312. The summed E-state index contributed by atoms with van der Waals surface area (Å²) < 4.78 is 5.46. The highest BCUT2D eigenvalue weighted by Crippen LogP contribution is 2.31. The zero-order valence-corrected chi connectivity index (χ0v) is 17.2. The summed E-state index contributed by atoms with van der Waals surface area (Å²) in [6.07, 6.45) is 0.678. The smallest absolute Gasteiger partial charge is 0.251 e. The Labute approximate surface area is 175 Å². The molecule has 0 spiro atoms. The number of aromatic nitrogens is 2. The summed E-state index contributed by atoms with van der Waals surface area (Å²) in [5, 5.41) is 14.0. The van der Waals surface area contributed by atoms with Crippen molar-refractivity contribution in [3.05, 3.63) is 46.6 Å². The number of aliphatic hydroxyl groups excluding tert-OH is 1. The maximum Gasteiger partial charge on any atom is 0.251 e. The van der Waals surface area contributed by atoms with Gasteiger partial charge in [0.1, 0.15) is 11.9 Å². The van der Waals surface area contributed by atoms with Crippen molar-refractivity contribution in [3.8, 4) is 0 Å². The molecule has 3 heterocycles. The molecule has 0 bridgehead atoms. The molecule has 9 heteroatoms. The molecule has 30 heavy (non-hydrogen) atoms. The second kappa shape index (κ2) is 8.76. The van der Waals surface area contributed by atoms with E-state index in [1.807, 2.05) is 31.2 Å². The van der Waals surface area contributed by atoms with E-state index >= 15 is 0 Å². The summed E-state index contributed by atoms with van der Waals surface area (Å²) in [6, 6.07) is 8.02. The van der Waals surface area contributed by atoms with E-state index in [0.717, 1.165) is 41.3 Å². The monoisotopic (exact) mass is 410 g/mol. The highest BCUT2D eigenvalue weighted by Gasteiger charge is 2.32. The van der Waals surface area contributed by atoms with Crippen LogP contribution in [0.2, 0.25) is 0 Å². The van der Waals surface area contributed by atoms with Gasteiger partial charge in [0.15, 0.2) is 0 Å². The lowest BCUT2D eigenvalue weighted by Crippen LogP contribution is -2.38. The van der Waals surface area contributed by atoms with Gasteiger partial charge in [-0.3, -0.25) is 4.79 Å². The lowest BCUT2D eigenvalue weighted by atomic mass is 10.2. The van der Waals surface area contributed by atoms with Crippen LogP contribution in [-0.2, 0) is 22.6 Å². The Morgan fingerprint density at radius 3 is 2.83 bits per heavy atom. The largest absolute Gasteiger partial charge is 0.384 e. The van der Waals surface area contributed by atoms with Crippen LogP contribution in [0.4, 0.5) is 11.8 Å². The number of aliphatic hydroxyl groups is 1. The molecule has 158 valence electrons. The molecule has 0 saturated carbocycles. The summed E-state index contributed by atoms with van der Waals surface area (Å²) >= 11 is 0. The fraction of sp³-hybridized carbons (Fsp3) is 0.429. The SMILES string of the molecule is Cc1cccc(/C=N/Nc2nc3c(c(N4CCOCC4)n2)CN(C(=O)[C@H](C)O)C3)c1. The van der Waals surface area contributed by atoms with Crippen LogP contribution in [0.25, 0.3) is 0 Å². The highest BCUT2D eigenvalue weighted by atomic mass is 16.5. The molecular formula is C21H26N6O3. The fourth-order valence-electron chi connectivity index (χ4n) is 3.66. The van der Waals surface area contributed by atoms with Gasteiger partial charge in [-0.1, -0.05) is 29.8 Å². The molecule has 1 atom stereocenters. The summed E-state index contributed by atoms with van der Waals surface area (Å²) in [5.41, 5.74) is 6.75. The van der Waals surface area contributed by atoms with Crippen molar-refractivity contribution in [3.63, 3.8) is 0 Å². The molecule has 2 aromatic rings. The quantitative estimate of drug-likeness (QED) is 0.566. The molecule has 9 nitrogen and oxygen atoms in total. The topological polar surface area (TPSA) is 103 Å². The first-order valence-electron chi connectivity index (χ1n) is 10.1. The number of ether oxygens (including phenoxy) is 1. The van der Waals surface area contributed by atoms with E-state index < -0.39 is 6.10 Å². The first-order chi connectivity index (χ1) is 14.5. The van der Waals surface area contributed by atoms with Crippen molar-refractivity contribution >= 4 is 23.9 Å². The van der Waals surface area contributed by atoms with Crippen molar-refractivity contribution in [2.45, 2.75) is 33.0 Å². The van der Waals surface area contributed by atoms with Gasteiger partial charge in [0.05, 0.1) is 38.2 Å². The Morgan fingerprint density at radius 2 is 2.10 bits per heavy atom. The standard InChI is InChI=1S/C21H26N6O3/c1-14-4-3-5-16(10-14)11-22-25-21-23-18-13-27(20(29)15(2)28)12-17(18)19(24-21)26-6-8-30-9-7-26/h3-5,10-11,15,28H,6-9,12-13H2,1-2H3,(H,23,24,25)/b22-11+/t15-/m0/s1. The van der Waals surface area contributed by atoms with E-state index in [9.17, 15) is 9.90 Å². The summed E-state index contributed by atoms with van der Waals surface area (Å²) in [6.45, 7) is 6.94. The van der Waals surface area contributed by atoms with E-state index in [1.54, 1.807) is 11.1 Å². The number of benzene rings is 1. The van der Waals surface area contributed by atoms with Crippen molar-refractivity contribution in [1.29, 1.82) is 0 Å². The number of aryl methyl sites for hydroxylation is 1. The lowest BCUT2D eigenvalue weighted by Gasteiger charge is -2.29. The molecule has 2 aliphatic rings. The van der Waals surface area contributed by atoms with Gasteiger partial charge in [0.25, 0.3) is 5.91 Å². The number of hydrogen-bond donors (Lipinski definition) is 2. The normalized spacial score (nSPS) is 17.3. The summed E-state index contributed by atoms with van der Waals surface area (Å²) in [4.78, 5) is 25.3. The number of nitrogens with zero attached hydrogens (tertiary/aromatic N) is 5. The van der Waals surface area contributed by atoms with Crippen LogP contribution in [0.1, 0.15) is 29.3 Å². The Hall–Kier alpha value is -3.04. The fourth-order valence-corrected chi connectivity index (χ4v) is 3.66. The Morgan fingerprint density at radius 1 is 1.30 bits per heavy atom. The van der Waals surface area contributed by atoms with Crippen LogP contribution in [0, 0.1) is 6.92 Å². The minimum Gasteiger partial charge on any atom is -0.384 e. The van der Waals surface area contributed by atoms with Gasteiger partial charge in [-0.2, -0.15) is 10.1 Å². The number of fused-ring (bicyclic) bond motifs is 1. The highest BCUT2D eigenvalue weighted by molar-refractivity contribution is 5.81. The van der Waals surface area contributed by atoms with Crippen LogP contribution in [0.15, 0.2) is 29.4 Å². The second-order valence-electron chi connectivity index (χ2n) is 7.55. The van der Waals surface area contributed by atoms with E-state index in [-0.39, 0.29) is 5.91 Å². The zero-order valence-electron chi connectivity index (χ0n) is 17.2. The molecule has 0 aliphatic carbocycles. The maximum absolute atomic E-state index is 12.3. The third-order valence-electron chi connectivity index (χ3n) is 5.16. The molecule has 2 N–H and O–H groups in total. The van der Waals surface area contributed by atoms with E-state index in [2.05, 4.69) is 25.4 Å². The van der Waals surface area contributed by atoms with Crippen LogP contribution >= 0.6 is 0 Å². The van der Waals surface area contributed by atoms with E-state index in [4.69, 9.17) is 4.74 Å². The zero-order chi connectivity index (χ0) is 21.1. The molecule has 1 saturated heterocycles. The Bertz CT molecular complexity index is 956. The van der Waals surface area contributed by atoms with Gasteiger partial charge in [-0.15, -0.1) is 0 Å². The maximum atomic E-state index is 12.3. The van der Waals surface area contributed by atoms with Crippen molar-refractivity contribution in [1.82, 2.24) is 14.9 Å². The first kappa shape index (κ1) is 20.2. The molecule has 1 fully saturated rings. The van der Waals surface area contributed by atoms with Gasteiger partial charge in [-0.25, -0.2) is 10.4 Å². The predicted octanol–water partition coefficient (Wildman–Crippen LogP) is 1.29. The Kier molecular flexibility index (Phi) is 5.91. The van der Waals surface area contributed by atoms with Crippen LogP contribution < -0.4 is 10.3 Å². The van der Waals surface area contributed by atoms with Gasteiger partial charge >= 0.3 is 0 Å². The number of hydrogen-bond acceptors (Lipinski definition) is 8. The molecule has 0 radical (unpaired) electrons. The number of carbonyl (C=O) groups excluding carboxylic acids is 1. The number of hydrazone groups is 1. The summed E-state index contributed by atoms with van der Waals surface area (Å²) in [5.74, 6) is 0.857. The predicted molar refractivity (Wildman–Crippen MR) is 113 cm³/mol.